The van der Waals surface area contributed by atoms with Gasteiger partial charge in [0, 0.05) is 24.2 Å². The summed E-state index contributed by atoms with van der Waals surface area (Å²) in [6, 6.07) is 13.0. The highest BCUT2D eigenvalue weighted by atomic mass is 16.2. The fraction of sp³-hybridized carbons (Fsp3) is 0.286. The van der Waals surface area contributed by atoms with Gasteiger partial charge in [-0.2, -0.15) is 0 Å². The lowest BCUT2D eigenvalue weighted by molar-refractivity contribution is -0.124. The van der Waals surface area contributed by atoms with Crippen LogP contribution in [0.2, 0.25) is 0 Å². The van der Waals surface area contributed by atoms with E-state index in [1.807, 2.05) is 51.1 Å². The first-order chi connectivity index (χ1) is 12.9. The van der Waals surface area contributed by atoms with Crippen LogP contribution in [0.3, 0.4) is 0 Å². The number of benzene rings is 2. The Labute approximate surface area is 159 Å². The summed E-state index contributed by atoms with van der Waals surface area (Å²) in [6.07, 6.45) is 0.105. The van der Waals surface area contributed by atoms with Gasteiger partial charge >= 0.3 is 0 Å². The van der Waals surface area contributed by atoms with Crippen LogP contribution >= 0.6 is 0 Å². The minimum Gasteiger partial charge on any atom is -0.352 e. The zero-order valence-electron chi connectivity index (χ0n) is 15.9. The van der Waals surface area contributed by atoms with E-state index in [1.165, 1.54) is 0 Å². The molecule has 0 aliphatic carbocycles. The minimum atomic E-state index is -0.295. The molecule has 0 aromatic heterocycles. The molecule has 6 heteroatoms. The molecule has 27 heavy (non-hydrogen) atoms. The molecule has 0 heterocycles. The van der Waals surface area contributed by atoms with Gasteiger partial charge < -0.3 is 16.0 Å². The first kappa shape index (κ1) is 20.2. The Kier molecular flexibility index (Phi) is 7.11. The third-order valence-corrected chi connectivity index (χ3v) is 4.22. The molecule has 6 nitrogen and oxygen atoms in total. The van der Waals surface area contributed by atoms with E-state index < -0.39 is 0 Å². The highest BCUT2D eigenvalue weighted by Crippen LogP contribution is 2.18. The lowest BCUT2D eigenvalue weighted by Crippen LogP contribution is -2.35. The standard InChI is InChI=1S/C21H25N3O3/c1-14-7-4-5-10-17(14)21(27)22-12-11-18(25)23-13-19(26)24-20-15(2)8-6-9-16(20)3/h4-10H,11-13H2,1-3H3,(H,22,27)(H,23,25)(H,24,26). The van der Waals surface area contributed by atoms with Crippen molar-refractivity contribution >= 4 is 23.4 Å². The van der Waals surface area contributed by atoms with E-state index in [0.29, 0.717) is 5.56 Å². The lowest BCUT2D eigenvalue weighted by atomic mass is 10.1. The van der Waals surface area contributed by atoms with Crippen molar-refractivity contribution in [2.45, 2.75) is 27.2 Å². The van der Waals surface area contributed by atoms with E-state index in [4.69, 9.17) is 0 Å². The molecule has 142 valence electrons. The molecule has 3 amide bonds. The van der Waals surface area contributed by atoms with Gasteiger partial charge in [-0.05, 0) is 43.5 Å². The number of anilines is 1. The molecule has 0 fully saturated rings. The van der Waals surface area contributed by atoms with Crippen molar-refractivity contribution in [2.75, 3.05) is 18.4 Å². The van der Waals surface area contributed by atoms with Gasteiger partial charge in [-0.3, -0.25) is 14.4 Å². The average molecular weight is 367 g/mol. The molecule has 2 aromatic carbocycles. The molecule has 2 rings (SSSR count). The first-order valence-electron chi connectivity index (χ1n) is 8.85. The van der Waals surface area contributed by atoms with E-state index in [0.717, 1.165) is 22.4 Å². The summed E-state index contributed by atoms with van der Waals surface area (Å²) in [7, 11) is 0. The number of amides is 3. The lowest BCUT2D eigenvalue weighted by Gasteiger charge is -2.12. The quantitative estimate of drug-likeness (QED) is 0.703. The number of aryl methyl sites for hydroxylation is 3. The van der Waals surface area contributed by atoms with E-state index in [-0.39, 0.29) is 37.2 Å². The zero-order valence-corrected chi connectivity index (χ0v) is 15.9. The smallest absolute Gasteiger partial charge is 0.251 e. The van der Waals surface area contributed by atoms with Gasteiger partial charge in [0.2, 0.25) is 11.8 Å². The van der Waals surface area contributed by atoms with Gasteiger partial charge in [0.15, 0.2) is 0 Å². The molecule has 0 radical (unpaired) electrons. The molecular weight excluding hydrogens is 342 g/mol. The Morgan fingerprint density at radius 3 is 2.07 bits per heavy atom. The van der Waals surface area contributed by atoms with Gasteiger partial charge in [0.1, 0.15) is 0 Å². The minimum absolute atomic E-state index is 0.105. The Morgan fingerprint density at radius 1 is 0.778 bits per heavy atom. The maximum atomic E-state index is 12.1. The van der Waals surface area contributed by atoms with Gasteiger partial charge in [0.25, 0.3) is 5.91 Å². The second kappa shape index (κ2) is 9.52. The molecule has 0 aliphatic rings. The summed E-state index contributed by atoms with van der Waals surface area (Å²) in [4.78, 5) is 36.0. The Balaban J connectivity index is 1.72. The van der Waals surface area contributed by atoms with Crippen LogP contribution in [0.25, 0.3) is 0 Å². The highest BCUT2D eigenvalue weighted by molar-refractivity contribution is 5.97. The van der Waals surface area contributed by atoms with Gasteiger partial charge in [-0.1, -0.05) is 36.4 Å². The van der Waals surface area contributed by atoms with Gasteiger partial charge in [0.05, 0.1) is 6.54 Å². The Morgan fingerprint density at radius 2 is 1.41 bits per heavy atom. The first-order valence-corrected chi connectivity index (χ1v) is 8.85. The predicted octanol–water partition coefficient (Wildman–Crippen LogP) is 2.49. The van der Waals surface area contributed by atoms with Crippen molar-refractivity contribution in [2.24, 2.45) is 0 Å². The van der Waals surface area contributed by atoms with Gasteiger partial charge in [-0.25, -0.2) is 0 Å². The summed E-state index contributed by atoms with van der Waals surface area (Å²) in [6.45, 7) is 5.78. The predicted molar refractivity (Wildman–Crippen MR) is 106 cm³/mol. The maximum absolute atomic E-state index is 12.1. The van der Waals surface area contributed by atoms with Crippen LogP contribution in [-0.4, -0.2) is 30.8 Å². The fourth-order valence-corrected chi connectivity index (χ4v) is 2.67. The van der Waals surface area contributed by atoms with E-state index in [2.05, 4.69) is 16.0 Å². The molecule has 0 aliphatic heterocycles. The number of carbonyl (C=O) groups excluding carboxylic acids is 3. The number of carbonyl (C=O) groups is 3. The van der Waals surface area contributed by atoms with E-state index in [9.17, 15) is 14.4 Å². The van der Waals surface area contributed by atoms with Crippen LogP contribution in [0.15, 0.2) is 42.5 Å². The fourth-order valence-electron chi connectivity index (χ4n) is 2.67. The average Bonchev–Trinajstić information content (AvgIpc) is 2.63. The van der Waals surface area contributed by atoms with Crippen LogP contribution in [0, 0.1) is 20.8 Å². The topological polar surface area (TPSA) is 87.3 Å². The molecule has 0 saturated heterocycles. The van der Waals surface area contributed by atoms with Crippen LogP contribution < -0.4 is 16.0 Å². The Bertz CT molecular complexity index is 826. The second-order valence-electron chi connectivity index (χ2n) is 6.41. The monoisotopic (exact) mass is 367 g/mol. The molecule has 0 spiro atoms. The number of rotatable bonds is 7. The number of para-hydroxylation sites is 1. The number of hydrogen-bond acceptors (Lipinski definition) is 3. The Hall–Kier alpha value is -3.15. The summed E-state index contributed by atoms with van der Waals surface area (Å²) in [5.74, 6) is -0.796. The summed E-state index contributed by atoms with van der Waals surface area (Å²) >= 11 is 0. The summed E-state index contributed by atoms with van der Waals surface area (Å²) in [5.41, 5.74) is 4.16. The third kappa shape index (κ3) is 5.95. The van der Waals surface area contributed by atoms with Crippen molar-refractivity contribution in [1.82, 2.24) is 10.6 Å². The zero-order chi connectivity index (χ0) is 19.8. The molecule has 0 atom stereocenters. The molecular formula is C21H25N3O3. The molecule has 0 saturated carbocycles. The third-order valence-electron chi connectivity index (χ3n) is 4.22. The molecule has 0 bridgehead atoms. The van der Waals surface area contributed by atoms with Crippen molar-refractivity contribution in [3.8, 4) is 0 Å². The van der Waals surface area contributed by atoms with Crippen molar-refractivity contribution in [1.29, 1.82) is 0 Å². The van der Waals surface area contributed by atoms with Crippen LogP contribution in [0.1, 0.15) is 33.5 Å². The second-order valence-corrected chi connectivity index (χ2v) is 6.41. The largest absolute Gasteiger partial charge is 0.352 e. The van der Waals surface area contributed by atoms with E-state index in [1.54, 1.807) is 12.1 Å². The maximum Gasteiger partial charge on any atom is 0.251 e. The van der Waals surface area contributed by atoms with Crippen LogP contribution in [0.4, 0.5) is 5.69 Å². The van der Waals surface area contributed by atoms with Crippen LogP contribution in [-0.2, 0) is 9.59 Å². The summed E-state index contributed by atoms with van der Waals surface area (Å²) < 4.78 is 0. The highest BCUT2D eigenvalue weighted by Gasteiger charge is 2.11. The SMILES string of the molecule is Cc1ccccc1C(=O)NCCC(=O)NCC(=O)Nc1c(C)cccc1C. The van der Waals surface area contributed by atoms with Gasteiger partial charge in [-0.15, -0.1) is 0 Å². The normalized spacial score (nSPS) is 10.2. The summed E-state index contributed by atoms with van der Waals surface area (Å²) in [5, 5.41) is 8.09. The number of nitrogens with one attached hydrogen (secondary N) is 3. The van der Waals surface area contributed by atoms with E-state index >= 15 is 0 Å². The van der Waals surface area contributed by atoms with Crippen LogP contribution in [0.5, 0.6) is 0 Å². The molecule has 2 aromatic rings. The van der Waals surface area contributed by atoms with Crippen molar-refractivity contribution in [3.05, 3.63) is 64.7 Å². The van der Waals surface area contributed by atoms with Crippen molar-refractivity contribution in [3.63, 3.8) is 0 Å². The number of hydrogen-bond donors (Lipinski definition) is 3. The molecule has 3 N–H and O–H groups in total. The molecule has 0 unspecified atom stereocenters. The van der Waals surface area contributed by atoms with Crippen molar-refractivity contribution < 1.29 is 14.4 Å².